The molecule has 0 spiro atoms. The number of benzene rings is 1. The van der Waals surface area contributed by atoms with Crippen molar-refractivity contribution in [2.45, 2.75) is 25.8 Å². The molecule has 0 saturated carbocycles. The molecule has 1 aliphatic rings. The summed E-state index contributed by atoms with van der Waals surface area (Å²) in [6.45, 7) is 4.15. The van der Waals surface area contributed by atoms with Crippen molar-refractivity contribution in [2.75, 3.05) is 5.73 Å². The molecule has 0 fully saturated rings. The van der Waals surface area contributed by atoms with Crippen LogP contribution in [-0.2, 0) is 0 Å². The maximum Gasteiger partial charge on any atom is 0.108 e. The number of nitrogens with zero attached hydrogens (tertiary/aromatic N) is 2. The predicted molar refractivity (Wildman–Crippen MR) is 77.0 cm³/mol. The van der Waals surface area contributed by atoms with Gasteiger partial charge in [-0.15, -0.1) is 0 Å². The number of nitrogens with two attached hydrogens (primary N) is 1. The van der Waals surface area contributed by atoms with E-state index in [1.807, 2.05) is 24.3 Å². The molecular formula is C14H17N3Na. The Labute approximate surface area is 130 Å². The topological polar surface area (TPSA) is 50.7 Å². The number of nitrogen functional groups attached to an aromatic ring is 1. The summed E-state index contributed by atoms with van der Waals surface area (Å²) < 4.78 is 0. The minimum Gasteiger partial charge on any atom is -0.397 e. The molecule has 18 heavy (non-hydrogen) atoms. The number of allylic oxidation sites excluding steroid dienone is 2. The van der Waals surface area contributed by atoms with E-state index in [9.17, 15) is 0 Å². The van der Waals surface area contributed by atoms with Gasteiger partial charge in [-0.3, -0.25) is 0 Å². The Morgan fingerprint density at radius 2 is 2.00 bits per heavy atom. The van der Waals surface area contributed by atoms with Gasteiger partial charge < -0.3 is 5.73 Å². The minimum atomic E-state index is -0.248. The third-order valence-electron chi connectivity index (χ3n) is 2.87. The van der Waals surface area contributed by atoms with Gasteiger partial charge in [0.15, 0.2) is 0 Å². The number of azo groups is 1. The Balaban J connectivity index is 0.00000162. The summed E-state index contributed by atoms with van der Waals surface area (Å²) in [5.74, 6) is 0. The molecule has 1 atom stereocenters. The van der Waals surface area contributed by atoms with Crippen molar-refractivity contribution in [1.29, 1.82) is 0 Å². The molecule has 0 amide bonds. The maximum absolute atomic E-state index is 5.82. The Hall–Kier alpha value is -0.900. The van der Waals surface area contributed by atoms with Gasteiger partial charge in [-0.05, 0) is 32.4 Å². The molecule has 0 aliphatic heterocycles. The Morgan fingerprint density at radius 1 is 1.28 bits per heavy atom. The summed E-state index contributed by atoms with van der Waals surface area (Å²) in [7, 11) is 0. The van der Waals surface area contributed by atoms with Crippen LogP contribution < -0.4 is 5.73 Å². The van der Waals surface area contributed by atoms with Gasteiger partial charge in [-0.25, -0.2) is 0 Å². The van der Waals surface area contributed by atoms with Gasteiger partial charge in [0.05, 0.1) is 5.69 Å². The van der Waals surface area contributed by atoms with E-state index < -0.39 is 0 Å². The average Bonchev–Trinajstić information content (AvgIpc) is 2.33. The third kappa shape index (κ3) is 3.80. The van der Waals surface area contributed by atoms with Crippen molar-refractivity contribution in [3.05, 3.63) is 48.1 Å². The Kier molecular flexibility index (Phi) is 5.32. The van der Waals surface area contributed by atoms with Crippen molar-refractivity contribution < 1.29 is 0 Å². The average molecular weight is 250 g/mol. The molecule has 1 aromatic rings. The first-order valence-electron chi connectivity index (χ1n) is 5.72. The summed E-state index contributed by atoms with van der Waals surface area (Å²) in [6, 6.07) is 7.50. The summed E-state index contributed by atoms with van der Waals surface area (Å²) in [5, 5.41) is 8.64. The van der Waals surface area contributed by atoms with Gasteiger partial charge in [-0.2, -0.15) is 10.2 Å². The van der Waals surface area contributed by atoms with Crippen LogP contribution in [0.1, 0.15) is 20.3 Å². The first-order chi connectivity index (χ1) is 8.09. The second kappa shape index (κ2) is 6.32. The van der Waals surface area contributed by atoms with Crippen LogP contribution in [0.5, 0.6) is 0 Å². The molecule has 0 heterocycles. The molecule has 1 unspecified atom stereocenters. The third-order valence-corrected chi connectivity index (χ3v) is 2.87. The molecule has 1 aliphatic carbocycles. The van der Waals surface area contributed by atoms with Crippen LogP contribution in [0.4, 0.5) is 11.4 Å². The molecule has 0 saturated heterocycles. The van der Waals surface area contributed by atoms with Crippen LogP contribution in [0.25, 0.3) is 0 Å². The first-order valence-corrected chi connectivity index (χ1v) is 5.72. The molecule has 3 nitrogen and oxygen atoms in total. The quantitative estimate of drug-likeness (QED) is 0.486. The summed E-state index contributed by atoms with van der Waals surface area (Å²) in [4.78, 5) is 0. The van der Waals surface area contributed by atoms with E-state index in [-0.39, 0.29) is 35.1 Å². The fourth-order valence-electron chi connectivity index (χ4n) is 1.64. The predicted octanol–water partition coefficient (Wildman–Crippen LogP) is 3.64. The van der Waals surface area contributed by atoms with Crippen LogP contribution >= 0.6 is 0 Å². The normalized spacial score (nSPS) is 22.7. The van der Waals surface area contributed by atoms with E-state index >= 15 is 0 Å². The van der Waals surface area contributed by atoms with Crippen LogP contribution in [-0.4, -0.2) is 35.1 Å². The summed E-state index contributed by atoms with van der Waals surface area (Å²) >= 11 is 0. The molecule has 2 rings (SSSR count). The van der Waals surface area contributed by atoms with E-state index in [2.05, 4.69) is 42.3 Å². The van der Waals surface area contributed by atoms with Gasteiger partial charge in [0.25, 0.3) is 0 Å². The van der Waals surface area contributed by atoms with Crippen molar-refractivity contribution in [3.8, 4) is 0 Å². The van der Waals surface area contributed by atoms with Gasteiger partial charge in [-0.1, -0.05) is 35.9 Å². The summed E-state index contributed by atoms with van der Waals surface area (Å²) in [6.07, 6.45) is 7.22. The van der Waals surface area contributed by atoms with Crippen molar-refractivity contribution in [1.82, 2.24) is 0 Å². The zero-order valence-electron chi connectivity index (χ0n) is 11.2. The van der Waals surface area contributed by atoms with Gasteiger partial charge in [0.2, 0.25) is 0 Å². The van der Waals surface area contributed by atoms with Crippen LogP contribution in [0.15, 0.2) is 58.3 Å². The van der Waals surface area contributed by atoms with Crippen LogP contribution in [0.3, 0.4) is 0 Å². The molecular weight excluding hydrogens is 233 g/mol. The fourth-order valence-corrected chi connectivity index (χ4v) is 1.64. The molecule has 0 bridgehead atoms. The number of hydrogen-bond acceptors (Lipinski definition) is 3. The fraction of sp³-hybridized carbons (Fsp3) is 0.286. The smallest absolute Gasteiger partial charge is 0.108 e. The molecule has 1 aromatic carbocycles. The van der Waals surface area contributed by atoms with Gasteiger partial charge in [0, 0.05) is 29.6 Å². The molecule has 2 N–H and O–H groups in total. The van der Waals surface area contributed by atoms with E-state index in [1.54, 1.807) is 0 Å². The standard InChI is InChI=1S/C14H17N3.Na/c1-11-7-9-14(2,10-8-11)17-16-13-6-4-3-5-12(13)15;/h3-9H,10,15H2,1-2H3;. The number of hydrogen-bond donors (Lipinski definition) is 1. The second-order valence-electron chi connectivity index (χ2n) is 4.60. The number of anilines is 1. The van der Waals surface area contributed by atoms with Crippen LogP contribution in [0.2, 0.25) is 0 Å². The van der Waals surface area contributed by atoms with Gasteiger partial charge in [0.1, 0.15) is 11.2 Å². The van der Waals surface area contributed by atoms with E-state index in [1.165, 1.54) is 5.57 Å². The van der Waals surface area contributed by atoms with Crippen molar-refractivity contribution >= 4 is 40.9 Å². The van der Waals surface area contributed by atoms with E-state index in [0.29, 0.717) is 5.69 Å². The van der Waals surface area contributed by atoms with Crippen molar-refractivity contribution in [2.24, 2.45) is 10.2 Å². The molecule has 4 heteroatoms. The zero-order valence-corrected chi connectivity index (χ0v) is 13.2. The van der Waals surface area contributed by atoms with Crippen LogP contribution in [0, 0.1) is 0 Å². The number of rotatable bonds is 2. The molecule has 0 aromatic heterocycles. The second-order valence-corrected chi connectivity index (χ2v) is 4.60. The minimum absolute atomic E-state index is 0. The first kappa shape index (κ1) is 15.2. The molecule has 1 radical (unpaired) electrons. The maximum atomic E-state index is 5.82. The monoisotopic (exact) mass is 250 g/mol. The number of para-hydroxylation sites is 1. The summed E-state index contributed by atoms with van der Waals surface area (Å²) in [5.41, 5.74) is 8.23. The largest absolute Gasteiger partial charge is 0.397 e. The Morgan fingerprint density at radius 3 is 2.61 bits per heavy atom. The van der Waals surface area contributed by atoms with E-state index in [4.69, 9.17) is 5.73 Å². The zero-order chi connectivity index (χ0) is 12.3. The van der Waals surface area contributed by atoms with E-state index in [0.717, 1.165) is 12.1 Å². The Bertz CT molecular complexity index is 506. The van der Waals surface area contributed by atoms with Gasteiger partial charge >= 0.3 is 0 Å². The molecule has 89 valence electrons. The SMILES string of the molecule is CC1=CCC(C)(N=Nc2ccccc2N)C=C1.[Na]. The van der Waals surface area contributed by atoms with Crippen molar-refractivity contribution in [3.63, 3.8) is 0 Å².